The van der Waals surface area contributed by atoms with Crippen molar-refractivity contribution in [3.63, 3.8) is 0 Å². The second kappa shape index (κ2) is 9.97. The highest BCUT2D eigenvalue weighted by Crippen LogP contribution is 2.18. The molecule has 27 heavy (non-hydrogen) atoms. The van der Waals surface area contributed by atoms with Crippen LogP contribution in [0.3, 0.4) is 0 Å². The second-order valence-corrected chi connectivity index (χ2v) is 6.88. The summed E-state index contributed by atoms with van der Waals surface area (Å²) in [5.74, 6) is 2.42. The van der Waals surface area contributed by atoms with E-state index in [1.807, 2.05) is 37.4 Å². The summed E-state index contributed by atoms with van der Waals surface area (Å²) >= 11 is 0. The summed E-state index contributed by atoms with van der Waals surface area (Å²) in [7, 11) is 3.61. The number of aliphatic imine (C=N–C) groups is 1. The largest absolute Gasteiger partial charge is 0.489 e. The summed E-state index contributed by atoms with van der Waals surface area (Å²) in [5, 5.41) is 3.47. The molecule has 2 aromatic carbocycles. The van der Waals surface area contributed by atoms with Gasteiger partial charge in [-0.25, -0.2) is 0 Å². The van der Waals surface area contributed by atoms with Gasteiger partial charge in [0.25, 0.3) is 0 Å². The van der Waals surface area contributed by atoms with Crippen LogP contribution < -0.4 is 10.1 Å². The van der Waals surface area contributed by atoms with Crippen LogP contribution in [-0.2, 0) is 17.9 Å². The Labute approximate surface area is 162 Å². The standard InChI is InChI=1S/C22H29N3O2/c1-23-22(25-12-11-20(15-25)16-26-2)24-14-19-9-6-10-21(13-19)27-17-18-7-4-3-5-8-18/h3-10,13,20H,11-12,14-17H2,1-2H3,(H,23,24). The molecule has 1 N–H and O–H groups in total. The van der Waals surface area contributed by atoms with Crippen molar-refractivity contribution in [3.8, 4) is 5.75 Å². The fourth-order valence-corrected chi connectivity index (χ4v) is 3.40. The van der Waals surface area contributed by atoms with Crippen LogP contribution in [0.1, 0.15) is 17.5 Å². The molecule has 5 heteroatoms. The van der Waals surface area contributed by atoms with Gasteiger partial charge in [-0.2, -0.15) is 0 Å². The molecule has 1 aliphatic rings. The lowest BCUT2D eigenvalue weighted by Crippen LogP contribution is -2.39. The summed E-state index contributed by atoms with van der Waals surface area (Å²) in [6.45, 7) is 4.13. The van der Waals surface area contributed by atoms with Crippen molar-refractivity contribution in [1.82, 2.24) is 10.2 Å². The van der Waals surface area contributed by atoms with Gasteiger partial charge in [0.2, 0.25) is 0 Å². The molecule has 1 fully saturated rings. The summed E-state index contributed by atoms with van der Waals surface area (Å²) in [4.78, 5) is 6.74. The minimum atomic E-state index is 0.577. The molecule has 1 heterocycles. The van der Waals surface area contributed by atoms with Crippen molar-refractivity contribution in [2.45, 2.75) is 19.6 Å². The van der Waals surface area contributed by atoms with Crippen LogP contribution >= 0.6 is 0 Å². The summed E-state index contributed by atoms with van der Waals surface area (Å²) in [6.07, 6.45) is 1.15. The van der Waals surface area contributed by atoms with Gasteiger partial charge >= 0.3 is 0 Å². The third-order valence-electron chi connectivity index (χ3n) is 4.80. The van der Waals surface area contributed by atoms with E-state index in [0.717, 1.165) is 44.4 Å². The van der Waals surface area contributed by atoms with E-state index >= 15 is 0 Å². The Hall–Kier alpha value is -2.53. The predicted molar refractivity (Wildman–Crippen MR) is 109 cm³/mol. The number of likely N-dealkylation sites (tertiary alicyclic amines) is 1. The molecule has 0 aromatic heterocycles. The van der Waals surface area contributed by atoms with E-state index in [4.69, 9.17) is 9.47 Å². The minimum absolute atomic E-state index is 0.577. The van der Waals surface area contributed by atoms with Crippen LogP contribution in [0.25, 0.3) is 0 Å². The van der Waals surface area contributed by atoms with Crippen LogP contribution in [0.15, 0.2) is 59.6 Å². The van der Waals surface area contributed by atoms with E-state index in [-0.39, 0.29) is 0 Å². The maximum atomic E-state index is 5.92. The topological polar surface area (TPSA) is 46.1 Å². The first-order valence-electron chi connectivity index (χ1n) is 9.48. The van der Waals surface area contributed by atoms with Crippen LogP contribution in [0.4, 0.5) is 0 Å². The molecule has 0 amide bonds. The van der Waals surface area contributed by atoms with Gasteiger partial charge in [-0.15, -0.1) is 0 Å². The number of rotatable bonds is 7. The SMILES string of the molecule is CN=C(NCc1cccc(OCc2ccccc2)c1)N1CCC(COC)C1. The maximum absolute atomic E-state index is 5.92. The van der Waals surface area contributed by atoms with E-state index in [0.29, 0.717) is 12.5 Å². The second-order valence-electron chi connectivity index (χ2n) is 6.88. The Morgan fingerprint density at radius 3 is 2.74 bits per heavy atom. The van der Waals surface area contributed by atoms with Gasteiger partial charge in [0.05, 0.1) is 6.61 Å². The number of hydrogen-bond acceptors (Lipinski definition) is 3. The molecule has 1 aliphatic heterocycles. The van der Waals surface area contributed by atoms with E-state index in [1.54, 1.807) is 7.11 Å². The van der Waals surface area contributed by atoms with Gasteiger partial charge < -0.3 is 19.7 Å². The average molecular weight is 367 g/mol. The number of methoxy groups -OCH3 is 1. The van der Waals surface area contributed by atoms with Crippen molar-refractivity contribution >= 4 is 5.96 Å². The lowest BCUT2D eigenvalue weighted by atomic mass is 10.1. The highest BCUT2D eigenvalue weighted by molar-refractivity contribution is 5.80. The highest BCUT2D eigenvalue weighted by Gasteiger charge is 2.24. The van der Waals surface area contributed by atoms with Crippen molar-refractivity contribution in [2.75, 3.05) is 33.9 Å². The van der Waals surface area contributed by atoms with Gasteiger partial charge in [-0.05, 0) is 29.7 Å². The van der Waals surface area contributed by atoms with E-state index in [9.17, 15) is 0 Å². The number of hydrogen-bond donors (Lipinski definition) is 1. The number of benzene rings is 2. The van der Waals surface area contributed by atoms with Crippen LogP contribution in [0.2, 0.25) is 0 Å². The molecular formula is C22H29N3O2. The van der Waals surface area contributed by atoms with Crippen molar-refractivity contribution in [1.29, 1.82) is 0 Å². The zero-order valence-electron chi connectivity index (χ0n) is 16.2. The molecule has 3 rings (SSSR count). The van der Waals surface area contributed by atoms with Crippen LogP contribution in [0, 0.1) is 5.92 Å². The summed E-state index contributed by atoms with van der Waals surface area (Å²) in [6, 6.07) is 18.4. The third-order valence-corrected chi connectivity index (χ3v) is 4.80. The minimum Gasteiger partial charge on any atom is -0.489 e. The third kappa shape index (κ3) is 5.73. The average Bonchev–Trinajstić information content (AvgIpc) is 3.17. The molecule has 1 atom stereocenters. The normalized spacial score (nSPS) is 17.2. The molecule has 0 saturated carbocycles. The molecule has 2 aromatic rings. The van der Waals surface area contributed by atoms with Gasteiger partial charge in [0, 0.05) is 39.7 Å². The molecule has 0 bridgehead atoms. The predicted octanol–water partition coefficient (Wildman–Crippen LogP) is 3.31. The Bertz CT molecular complexity index is 733. The molecule has 0 radical (unpaired) electrons. The monoisotopic (exact) mass is 367 g/mol. The summed E-state index contributed by atoms with van der Waals surface area (Å²) in [5.41, 5.74) is 2.34. The van der Waals surface area contributed by atoms with E-state index in [2.05, 4.69) is 39.5 Å². The first-order valence-corrected chi connectivity index (χ1v) is 9.48. The number of ether oxygens (including phenoxy) is 2. The molecule has 1 saturated heterocycles. The Morgan fingerprint density at radius 1 is 1.15 bits per heavy atom. The molecular weight excluding hydrogens is 338 g/mol. The van der Waals surface area contributed by atoms with Crippen molar-refractivity contribution in [3.05, 3.63) is 65.7 Å². The lowest BCUT2D eigenvalue weighted by Gasteiger charge is -2.21. The zero-order chi connectivity index (χ0) is 18.9. The summed E-state index contributed by atoms with van der Waals surface area (Å²) < 4.78 is 11.2. The zero-order valence-corrected chi connectivity index (χ0v) is 16.2. The quantitative estimate of drug-likeness (QED) is 0.602. The Balaban J connectivity index is 1.51. The van der Waals surface area contributed by atoms with Crippen LogP contribution in [-0.4, -0.2) is 44.7 Å². The highest BCUT2D eigenvalue weighted by atomic mass is 16.5. The number of nitrogens with zero attached hydrogens (tertiary/aromatic N) is 2. The van der Waals surface area contributed by atoms with Gasteiger partial charge in [0.1, 0.15) is 12.4 Å². The maximum Gasteiger partial charge on any atom is 0.193 e. The Kier molecular flexibility index (Phi) is 7.11. The van der Waals surface area contributed by atoms with Gasteiger partial charge in [-0.3, -0.25) is 4.99 Å². The molecule has 144 valence electrons. The lowest BCUT2D eigenvalue weighted by molar-refractivity contribution is 0.157. The number of guanidine groups is 1. The molecule has 0 aliphatic carbocycles. The Morgan fingerprint density at radius 2 is 1.96 bits per heavy atom. The van der Waals surface area contributed by atoms with Crippen molar-refractivity contribution < 1.29 is 9.47 Å². The fraction of sp³-hybridized carbons (Fsp3) is 0.409. The first-order chi connectivity index (χ1) is 13.3. The number of nitrogens with one attached hydrogen (secondary N) is 1. The molecule has 5 nitrogen and oxygen atoms in total. The molecule has 0 spiro atoms. The van der Waals surface area contributed by atoms with E-state index < -0.39 is 0 Å². The fourth-order valence-electron chi connectivity index (χ4n) is 3.40. The van der Waals surface area contributed by atoms with Gasteiger partial charge in [-0.1, -0.05) is 42.5 Å². The first kappa shape index (κ1) is 19.2. The molecule has 1 unspecified atom stereocenters. The van der Waals surface area contributed by atoms with E-state index in [1.165, 1.54) is 11.1 Å². The smallest absolute Gasteiger partial charge is 0.193 e. The van der Waals surface area contributed by atoms with Crippen molar-refractivity contribution in [2.24, 2.45) is 10.9 Å². The van der Waals surface area contributed by atoms with Crippen LogP contribution in [0.5, 0.6) is 5.75 Å². The van der Waals surface area contributed by atoms with Gasteiger partial charge in [0.15, 0.2) is 5.96 Å².